The molecule has 0 aliphatic heterocycles. The molecule has 0 spiro atoms. The molecule has 0 saturated heterocycles. The number of nitrogens with one attached hydrogen (secondary N) is 1. The zero-order valence-electron chi connectivity index (χ0n) is 10.4. The molecule has 0 unspecified atom stereocenters. The second kappa shape index (κ2) is 5.41. The van der Waals surface area contributed by atoms with Gasteiger partial charge in [0.05, 0.1) is 23.1 Å². The zero-order valence-corrected chi connectivity index (χ0v) is 12.0. The van der Waals surface area contributed by atoms with Gasteiger partial charge in [-0.05, 0) is 41.4 Å². The van der Waals surface area contributed by atoms with Crippen molar-refractivity contribution in [2.45, 2.75) is 6.42 Å². The third-order valence-electron chi connectivity index (χ3n) is 2.89. The van der Waals surface area contributed by atoms with Crippen LogP contribution in [0.2, 0.25) is 0 Å². The van der Waals surface area contributed by atoms with Crippen molar-refractivity contribution in [3.8, 4) is 22.5 Å². The molecule has 3 aromatic rings. The number of H-pyrrole nitrogens is 1. The number of benzene rings is 1. The second-order valence-electron chi connectivity index (χ2n) is 4.17. The van der Waals surface area contributed by atoms with E-state index in [1.165, 1.54) is 0 Å². The summed E-state index contributed by atoms with van der Waals surface area (Å²) >= 11 is 6.93. The minimum atomic E-state index is 0.412. The smallest absolute Gasteiger partial charge is 0.200 e. The first kappa shape index (κ1) is 12.8. The van der Waals surface area contributed by atoms with E-state index in [0.29, 0.717) is 11.2 Å². The van der Waals surface area contributed by atoms with Crippen molar-refractivity contribution in [1.29, 1.82) is 5.26 Å². The Morgan fingerprint density at radius 2 is 2.10 bits per heavy atom. The van der Waals surface area contributed by atoms with Crippen LogP contribution in [0.1, 0.15) is 5.56 Å². The second-order valence-corrected chi connectivity index (χ2v) is 5.50. The highest BCUT2D eigenvalue weighted by Gasteiger charge is 2.11. The summed E-state index contributed by atoms with van der Waals surface area (Å²) in [6.07, 6.45) is 0.412. The highest BCUT2D eigenvalue weighted by Crippen LogP contribution is 2.25. The molecular formula is C14H10N4S2. The van der Waals surface area contributed by atoms with Gasteiger partial charge in [-0.3, -0.25) is 9.67 Å². The van der Waals surface area contributed by atoms with Crippen LogP contribution in [0.5, 0.6) is 0 Å². The predicted octanol–water partition coefficient (Wildman–Crippen LogP) is 3.72. The molecule has 0 atom stereocenters. The normalized spacial score (nSPS) is 10.3. The van der Waals surface area contributed by atoms with Gasteiger partial charge in [-0.2, -0.15) is 10.4 Å². The lowest BCUT2D eigenvalue weighted by Crippen LogP contribution is -1.97. The van der Waals surface area contributed by atoms with Crippen LogP contribution in [-0.2, 0) is 6.42 Å². The molecule has 0 bridgehead atoms. The number of thiophene rings is 1. The Hall–Kier alpha value is -2.23. The maximum absolute atomic E-state index is 8.70. The Kier molecular flexibility index (Phi) is 3.46. The van der Waals surface area contributed by atoms with E-state index in [2.05, 4.69) is 16.3 Å². The highest BCUT2D eigenvalue weighted by atomic mass is 32.1. The van der Waals surface area contributed by atoms with E-state index in [0.717, 1.165) is 22.0 Å². The van der Waals surface area contributed by atoms with Crippen molar-refractivity contribution < 1.29 is 0 Å². The van der Waals surface area contributed by atoms with E-state index in [4.69, 9.17) is 17.5 Å². The van der Waals surface area contributed by atoms with Crippen molar-refractivity contribution in [2.24, 2.45) is 0 Å². The molecule has 0 aliphatic rings. The molecular weight excluding hydrogens is 288 g/mol. The molecule has 4 nitrogen and oxygen atoms in total. The third kappa shape index (κ3) is 2.29. The maximum atomic E-state index is 8.70. The average molecular weight is 298 g/mol. The van der Waals surface area contributed by atoms with Gasteiger partial charge in [-0.1, -0.05) is 18.2 Å². The van der Waals surface area contributed by atoms with Crippen molar-refractivity contribution in [3.05, 3.63) is 52.1 Å². The van der Waals surface area contributed by atoms with E-state index in [1.807, 2.05) is 46.3 Å². The highest BCUT2D eigenvalue weighted by molar-refractivity contribution is 7.71. The summed E-state index contributed by atoms with van der Waals surface area (Å²) in [4.78, 5) is 1.05. The Balaban J connectivity index is 2.09. The fourth-order valence-corrected chi connectivity index (χ4v) is 2.90. The van der Waals surface area contributed by atoms with Crippen LogP contribution in [0.3, 0.4) is 0 Å². The summed E-state index contributed by atoms with van der Waals surface area (Å²) in [5.41, 5.74) is 1.93. The molecule has 1 N–H and O–H groups in total. The van der Waals surface area contributed by atoms with E-state index < -0.39 is 0 Å². The molecule has 2 aromatic heterocycles. The lowest BCUT2D eigenvalue weighted by Gasteiger charge is -2.06. The minimum absolute atomic E-state index is 0.412. The number of aromatic amines is 1. The molecule has 0 fully saturated rings. The fourth-order valence-electron chi connectivity index (χ4n) is 1.96. The third-order valence-corrected chi connectivity index (χ3v) is 4.03. The number of hydrogen-bond donors (Lipinski definition) is 1. The Morgan fingerprint density at radius 3 is 2.75 bits per heavy atom. The largest absolute Gasteiger partial charge is 0.267 e. The summed E-state index contributed by atoms with van der Waals surface area (Å²) < 4.78 is 2.46. The molecule has 2 heterocycles. The minimum Gasteiger partial charge on any atom is -0.267 e. The van der Waals surface area contributed by atoms with E-state index in [1.54, 1.807) is 11.3 Å². The first-order valence-electron chi connectivity index (χ1n) is 5.97. The molecule has 0 aliphatic carbocycles. The van der Waals surface area contributed by atoms with Crippen LogP contribution in [-0.4, -0.2) is 14.8 Å². The van der Waals surface area contributed by atoms with Gasteiger partial charge in [0.25, 0.3) is 0 Å². The van der Waals surface area contributed by atoms with Gasteiger partial charge in [0, 0.05) is 0 Å². The Labute approximate surface area is 124 Å². The summed E-state index contributed by atoms with van der Waals surface area (Å²) in [6, 6.07) is 13.9. The predicted molar refractivity (Wildman–Crippen MR) is 81.4 cm³/mol. The molecule has 20 heavy (non-hydrogen) atoms. The van der Waals surface area contributed by atoms with Gasteiger partial charge >= 0.3 is 0 Å². The van der Waals surface area contributed by atoms with Crippen molar-refractivity contribution in [2.75, 3.05) is 0 Å². The van der Waals surface area contributed by atoms with Gasteiger partial charge < -0.3 is 0 Å². The van der Waals surface area contributed by atoms with Crippen LogP contribution in [0.25, 0.3) is 16.4 Å². The van der Waals surface area contributed by atoms with Gasteiger partial charge in [-0.25, -0.2) is 0 Å². The number of nitrogens with zero attached hydrogens (tertiary/aromatic N) is 3. The van der Waals surface area contributed by atoms with Gasteiger partial charge in [-0.15, -0.1) is 11.3 Å². The maximum Gasteiger partial charge on any atom is 0.200 e. The lowest BCUT2D eigenvalue weighted by atomic mass is 10.1. The number of aromatic nitrogens is 3. The Bertz CT molecular complexity index is 804. The summed E-state index contributed by atoms with van der Waals surface area (Å²) in [6.45, 7) is 0. The molecule has 98 valence electrons. The van der Waals surface area contributed by atoms with Gasteiger partial charge in [0.15, 0.2) is 10.6 Å². The van der Waals surface area contributed by atoms with Crippen LogP contribution in [0.4, 0.5) is 0 Å². The van der Waals surface area contributed by atoms with Crippen LogP contribution in [0, 0.1) is 16.1 Å². The summed E-state index contributed by atoms with van der Waals surface area (Å²) in [5, 5.41) is 17.8. The van der Waals surface area contributed by atoms with Crippen LogP contribution < -0.4 is 0 Å². The monoisotopic (exact) mass is 298 g/mol. The Morgan fingerprint density at radius 1 is 1.30 bits per heavy atom. The van der Waals surface area contributed by atoms with Crippen LogP contribution in [0.15, 0.2) is 41.8 Å². The summed E-state index contributed by atoms with van der Waals surface area (Å²) in [5.74, 6) is 0.804. The molecule has 3 rings (SSSR count). The van der Waals surface area contributed by atoms with Crippen molar-refractivity contribution in [3.63, 3.8) is 0 Å². The van der Waals surface area contributed by atoms with Crippen molar-refractivity contribution in [1.82, 2.24) is 14.8 Å². The van der Waals surface area contributed by atoms with Crippen molar-refractivity contribution >= 4 is 23.6 Å². The quantitative estimate of drug-likeness (QED) is 0.750. The molecule has 0 radical (unpaired) electrons. The SMILES string of the molecule is N#CCc1ccc(-n2c(-c3cccs3)n[nH]c2=S)cc1. The number of hydrogen-bond acceptors (Lipinski definition) is 4. The van der Waals surface area contributed by atoms with Gasteiger partial charge in [0.1, 0.15) is 0 Å². The molecule has 6 heteroatoms. The van der Waals surface area contributed by atoms with Crippen LogP contribution >= 0.6 is 23.6 Å². The molecule has 1 aromatic carbocycles. The van der Waals surface area contributed by atoms with Gasteiger partial charge in [0.2, 0.25) is 0 Å². The molecule has 0 amide bonds. The first-order chi connectivity index (χ1) is 9.79. The first-order valence-corrected chi connectivity index (χ1v) is 7.26. The topological polar surface area (TPSA) is 57.4 Å². The standard InChI is InChI=1S/C14H10N4S2/c15-8-7-10-3-5-11(6-4-10)18-13(16-17-14(18)19)12-2-1-9-20-12/h1-6,9H,7H2,(H,17,19). The van der Waals surface area contributed by atoms with E-state index in [9.17, 15) is 0 Å². The average Bonchev–Trinajstić information content (AvgIpc) is 3.09. The van der Waals surface area contributed by atoms with E-state index in [-0.39, 0.29) is 0 Å². The summed E-state index contributed by atoms with van der Waals surface area (Å²) in [7, 11) is 0. The number of nitriles is 1. The zero-order chi connectivity index (χ0) is 13.9. The molecule has 0 saturated carbocycles. The lowest BCUT2D eigenvalue weighted by molar-refractivity contribution is 1.03. The van der Waals surface area contributed by atoms with E-state index >= 15 is 0 Å². The number of rotatable bonds is 3. The fraction of sp³-hybridized carbons (Fsp3) is 0.0714.